The maximum absolute atomic E-state index is 10.2. The Balaban J connectivity index is 2.31. The summed E-state index contributed by atoms with van der Waals surface area (Å²) in [5.74, 6) is 0.0740. The molecule has 1 aromatic carbocycles. The molecule has 1 aromatic rings. The second-order valence-electron chi connectivity index (χ2n) is 5.32. The van der Waals surface area contributed by atoms with Crippen LogP contribution in [-0.2, 0) is 0 Å². The minimum atomic E-state index is -0.372. The van der Waals surface area contributed by atoms with Crippen molar-refractivity contribution in [3.05, 3.63) is 48.6 Å². The minimum absolute atomic E-state index is 0.0213. The fourth-order valence-corrected chi connectivity index (χ4v) is 3.05. The summed E-state index contributed by atoms with van der Waals surface area (Å²) in [5, 5.41) is 19.9. The molecule has 2 rings (SSSR count). The van der Waals surface area contributed by atoms with E-state index in [0.717, 1.165) is 6.54 Å². The summed E-state index contributed by atoms with van der Waals surface area (Å²) < 4.78 is 0. The Morgan fingerprint density at radius 1 is 1.37 bits per heavy atom. The van der Waals surface area contributed by atoms with Crippen molar-refractivity contribution in [2.24, 2.45) is 5.92 Å². The van der Waals surface area contributed by atoms with Gasteiger partial charge in [-0.1, -0.05) is 43.3 Å². The highest BCUT2D eigenvalue weighted by Crippen LogP contribution is 2.37. The second-order valence-corrected chi connectivity index (χ2v) is 5.32. The molecule has 1 fully saturated rings. The van der Waals surface area contributed by atoms with Crippen LogP contribution in [0.5, 0.6) is 0 Å². The van der Waals surface area contributed by atoms with Crippen molar-refractivity contribution in [1.82, 2.24) is 4.90 Å². The standard InChI is InChI=1S/C16H23NO2/c1-3-9-17-14(13-7-5-4-6-8-13)10-16(19)12(2)15(17)11-18/h3-8,12,14-16,18-19H,1,9-11H2,2H3/t12-,14+,15+,16+/m1/s1. The van der Waals surface area contributed by atoms with E-state index in [0.29, 0.717) is 6.42 Å². The van der Waals surface area contributed by atoms with Crippen molar-refractivity contribution in [3.8, 4) is 0 Å². The molecule has 4 atom stereocenters. The molecule has 0 aliphatic carbocycles. The van der Waals surface area contributed by atoms with Crippen LogP contribution in [0.25, 0.3) is 0 Å². The number of benzene rings is 1. The summed E-state index contributed by atoms with van der Waals surface area (Å²) in [6.45, 7) is 6.60. The van der Waals surface area contributed by atoms with Gasteiger partial charge in [-0.05, 0) is 17.9 Å². The van der Waals surface area contributed by atoms with E-state index in [4.69, 9.17) is 0 Å². The van der Waals surface area contributed by atoms with Gasteiger partial charge in [-0.15, -0.1) is 6.58 Å². The predicted octanol–water partition coefficient (Wildman–Crippen LogP) is 1.98. The largest absolute Gasteiger partial charge is 0.395 e. The van der Waals surface area contributed by atoms with Crippen LogP contribution < -0.4 is 0 Å². The molecule has 1 aliphatic heterocycles. The molecule has 1 aliphatic rings. The smallest absolute Gasteiger partial charge is 0.0599 e. The maximum Gasteiger partial charge on any atom is 0.0599 e. The maximum atomic E-state index is 10.2. The van der Waals surface area contributed by atoms with Gasteiger partial charge in [0.2, 0.25) is 0 Å². The van der Waals surface area contributed by atoms with Gasteiger partial charge < -0.3 is 10.2 Å². The second kappa shape index (κ2) is 6.33. The summed E-state index contributed by atoms with van der Waals surface area (Å²) in [5.41, 5.74) is 1.19. The van der Waals surface area contributed by atoms with E-state index < -0.39 is 0 Å². The lowest BCUT2D eigenvalue weighted by molar-refractivity contribution is -0.0565. The van der Waals surface area contributed by atoms with E-state index in [1.807, 2.05) is 31.2 Å². The quantitative estimate of drug-likeness (QED) is 0.815. The lowest BCUT2D eigenvalue weighted by Gasteiger charge is -2.47. The molecule has 0 saturated carbocycles. The van der Waals surface area contributed by atoms with Crippen molar-refractivity contribution in [2.75, 3.05) is 13.2 Å². The third-order valence-electron chi connectivity index (χ3n) is 4.22. The van der Waals surface area contributed by atoms with Gasteiger partial charge in [0.1, 0.15) is 0 Å². The van der Waals surface area contributed by atoms with E-state index in [2.05, 4.69) is 23.6 Å². The number of hydrogen-bond acceptors (Lipinski definition) is 3. The minimum Gasteiger partial charge on any atom is -0.395 e. The van der Waals surface area contributed by atoms with Crippen molar-refractivity contribution >= 4 is 0 Å². The average Bonchev–Trinajstić information content (AvgIpc) is 2.44. The van der Waals surface area contributed by atoms with Gasteiger partial charge in [0.05, 0.1) is 12.7 Å². The van der Waals surface area contributed by atoms with Gasteiger partial charge in [0.25, 0.3) is 0 Å². The number of aliphatic hydroxyl groups is 2. The Bertz CT molecular complexity index is 406. The number of aliphatic hydroxyl groups excluding tert-OH is 2. The molecule has 2 N–H and O–H groups in total. The first-order valence-electron chi connectivity index (χ1n) is 6.89. The topological polar surface area (TPSA) is 43.7 Å². The van der Waals surface area contributed by atoms with Crippen LogP contribution in [0.4, 0.5) is 0 Å². The van der Waals surface area contributed by atoms with E-state index in [1.165, 1.54) is 5.56 Å². The number of rotatable bonds is 4. The molecule has 3 nitrogen and oxygen atoms in total. The monoisotopic (exact) mass is 261 g/mol. The van der Waals surface area contributed by atoms with Gasteiger partial charge >= 0.3 is 0 Å². The van der Waals surface area contributed by atoms with Crippen LogP contribution in [-0.4, -0.2) is 40.4 Å². The molecular formula is C16H23NO2. The number of hydrogen-bond donors (Lipinski definition) is 2. The molecule has 19 heavy (non-hydrogen) atoms. The SMILES string of the molecule is C=CCN1[C@H](c2ccccc2)C[C@H](O)[C@H](C)[C@@H]1CO. The first-order chi connectivity index (χ1) is 9.19. The molecular weight excluding hydrogens is 238 g/mol. The molecule has 3 heteroatoms. The summed E-state index contributed by atoms with van der Waals surface area (Å²) in [6, 6.07) is 10.3. The highest BCUT2D eigenvalue weighted by atomic mass is 16.3. The molecule has 0 unspecified atom stereocenters. The van der Waals surface area contributed by atoms with E-state index in [-0.39, 0.29) is 30.7 Å². The third-order valence-corrected chi connectivity index (χ3v) is 4.22. The predicted molar refractivity (Wildman–Crippen MR) is 76.7 cm³/mol. The van der Waals surface area contributed by atoms with Crippen LogP contribution in [0.15, 0.2) is 43.0 Å². The Kier molecular flexibility index (Phi) is 4.75. The van der Waals surface area contributed by atoms with Crippen LogP contribution in [0.2, 0.25) is 0 Å². The summed E-state index contributed by atoms with van der Waals surface area (Å²) in [4.78, 5) is 2.25. The number of nitrogens with zero attached hydrogens (tertiary/aromatic N) is 1. The lowest BCUT2D eigenvalue weighted by Crippen LogP contribution is -2.53. The van der Waals surface area contributed by atoms with Crippen LogP contribution in [0, 0.1) is 5.92 Å². The summed E-state index contributed by atoms with van der Waals surface area (Å²) >= 11 is 0. The van der Waals surface area contributed by atoms with E-state index in [1.54, 1.807) is 0 Å². The molecule has 0 amide bonds. The van der Waals surface area contributed by atoms with Crippen LogP contribution in [0.3, 0.4) is 0 Å². The Morgan fingerprint density at radius 2 is 2.05 bits per heavy atom. The lowest BCUT2D eigenvalue weighted by atomic mass is 9.82. The van der Waals surface area contributed by atoms with Gasteiger partial charge in [0, 0.05) is 18.6 Å². The Hall–Kier alpha value is -1.16. The number of piperidine rings is 1. The summed E-state index contributed by atoms with van der Waals surface area (Å²) in [7, 11) is 0. The van der Waals surface area contributed by atoms with E-state index >= 15 is 0 Å². The molecule has 104 valence electrons. The van der Waals surface area contributed by atoms with Crippen LogP contribution >= 0.6 is 0 Å². The first-order valence-corrected chi connectivity index (χ1v) is 6.89. The number of likely N-dealkylation sites (tertiary alicyclic amines) is 1. The van der Waals surface area contributed by atoms with Gasteiger partial charge in [-0.2, -0.15) is 0 Å². The Morgan fingerprint density at radius 3 is 2.63 bits per heavy atom. The normalized spacial score (nSPS) is 32.2. The van der Waals surface area contributed by atoms with Gasteiger partial charge in [-0.25, -0.2) is 0 Å². The molecule has 1 saturated heterocycles. The molecule has 0 aromatic heterocycles. The van der Waals surface area contributed by atoms with Gasteiger partial charge in [-0.3, -0.25) is 4.90 Å². The average molecular weight is 261 g/mol. The van der Waals surface area contributed by atoms with Crippen molar-refractivity contribution in [1.29, 1.82) is 0 Å². The highest BCUT2D eigenvalue weighted by Gasteiger charge is 2.39. The molecule has 0 radical (unpaired) electrons. The van der Waals surface area contributed by atoms with Gasteiger partial charge in [0.15, 0.2) is 0 Å². The third kappa shape index (κ3) is 2.89. The fraction of sp³-hybridized carbons (Fsp3) is 0.500. The summed E-state index contributed by atoms with van der Waals surface area (Å²) in [6.07, 6.45) is 2.20. The molecule has 1 heterocycles. The zero-order chi connectivity index (χ0) is 13.8. The van der Waals surface area contributed by atoms with Crippen molar-refractivity contribution < 1.29 is 10.2 Å². The highest BCUT2D eigenvalue weighted by molar-refractivity contribution is 5.21. The van der Waals surface area contributed by atoms with Crippen molar-refractivity contribution in [3.63, 3.8) is 0 Å². The first kappa shape index (κ1) is 14.3. The van der Waals surface area contributed by atoms with E-state index in [9.17, 15) is 10.2 Å². The van der Waals surface area contributed by atoms with Crippen LogP contribution in [0.1, 0.15) is 24.9 Å². The zero-order valence-electron chi connectivity index (χ0n) is 11.4. The zero-order valence-corrected chi connectivity index (χ0v) is 11.4. The Labute approximate surface area is 115 Å². The fourth-order valence-electron chi connectivity index (χ4n) is 3.05. The molecule has 0 bridgehead atoms. The molecule has 0 spiro atoms. The van der Waals surface area contributed by atoms with Crippen molar-refractivity contribution in [2.45, 2.75) is 31.5 Å².